The molecule has 8 heteroatoms. The number of nitrogens with one attached hydrogen (secondary N) is 1. The molecule has 1 aliphatic heterocycles. The van der Waals surface area contributed by atoms with Gasteiger partial charge in [-0.15, -0.1) is 0 Å². The summed E-state index contributed by atoms with van der Waals surface area (Å²) in [6.07, 6.45) is 9.84. The first-order valence-electron chi connectivity index (χ1n) is 10.7. The Morgan fingerprint density at radius 2 is 1.73 bits per heavy atom. The summed E-state index contributed by atoms with van der Waals surface area (Å²) in [6.45, 7) is 1.16. The van der Waals surface area contributed by atoms with Crippen molar-refractivity contribution in [2.45, 2.75) is 56.2 Å². The zero-order valence-corrected chi connectivity index (χ0v) is 18.2. The monoisotopic (exact) mass is 430 g/mol. The molecule has 1 N–H and O–H groups in total. The summed E-state index contributed by atoms with van der Waals surface area (Å²) < 4.78 is 32.8. The van der Waals surface area contributed by atoms with E-state index < -0.39 is 10.0 Å². The third kappa shape index (κ3) is 5.36. The molecule has 2 fully saturated rings. The molecule has 30 heavy (non-hydrogen) atoms. The van der Waals surface area contributed by atoms with Crippen molar-refractivity contribution in [2.24, 2.45) is 0 Å². The second kappa shape index (κ2) is 9.41. The van der Waals surface area contributed by atoms with E-state index in [0.717, 1.165) is 25.7 Å². The first kappa shape index (κ1) is 21.2. The summed E-state index contributed by atoms with van der Waals surface area (Å²) in [5.41, 5.74) is 1.41. The molecule has 2 aromatic rings. The fourth-order valence-electron chi connectivity index (χ4n) is 4.68. The van der Waals surface area contributed by atoms with Crippen molar-refractivity contribution in [3.63, 3.8) is 0 Å². The summed E-state index contributed by atoms with van der Waals surface area (Å²) in [7, 11) is -3.30. The fraction of sp³-hybridized carbons (Fsp3) is 0.545. The molecule has 0 unspecified atom stereocenters. The highest BCUT2D eigenvalue weighted by atomic mass is 32.2. The lowest BCUT2D eigenvalue weighted by Crippen LogP contribution is -2.48. The molecule has 0 amide bonds. The predicted octanol–water partition coefficient (Wildman–Crippen LogP) is 2.72. The van der Waals surface area contributed by atoms with E-state index in [1.807, 2.05) is 0 Å². The molecule has 0 spiro atoms. The molecular formula is C22H30N4O3S. The van der Waals surface area contributed by atoms with Crippen molar-refractivity contribution < 1.29 is 13.2 Å². The molecule has 1 aliphatic carbocycles. The van der Waals surface area contributed by atoms with Crippen LogP contribution in [-0.4, -0.2) is 56.0 Å². The van der Waals surface area contributed by atoms with Crippen LogP contribution < -0.4 is 9.62 Å². The van der Waals surface area contributed by atoms with Crippen LogP contribution in [0.25, 0.3) is 0 Å². The van der Waals surface area contributed by atoms with E-state index in [0.29, 0.717) is 31.4 Å². The van der Waals surface area contributed by atoms with Gasteiger partial charge < -0.3 is 9.64 Å². The third-order valence-electron chi connectivity index (χ3n) is 6.17. The van der Waals surface area contributed by atoms with Crippen molar-refractivity contribution in [3.8, 4) is 0 Å². The summed E-state index contributed by atoms with van der Waals surface area (Å²) >= 11 is 0. The molecule has 1 aromatic carbocycles. The minimum absolute atomic E-state index is 0.117. The molecule has 1 saturated heterocycles. The number of nitrogens with zero attached hydrogens (tertiary/aromatic N) is 3. The van der Waals surface area contributed by atoms with Gasteiger partial charge in [-0.3, -0.25) is 0 Å². The van der Waals surface area contributed by atoms with E-state index in [-0.39, 0.29) is 18.2 Å². The number of ether oxygens (including phenoxy) is 1. The number of hydrogen-bond acceptors (Lipinski definition) is 6. The number of sulfonamides is 1. The lowest BCUT2D eigenvalue weighted by molar-refractivity contribution is 0.0155. The molecule has 162 valence electrons. The molecule has 2 heterocycles. The number of hydrogen-bond donors (Lipinski definition) is 1. The second-order valence-corrected chi connectivity index (χ2v) is 10.1. The van der Waals surface area contributed by atoms with Crippen LogP contribution in [0.4, 0.5) is 5.95 Å². The third-order valence-corrected chi connectivity index (χ3v) is 6.90. The largest absolute Gasteiger partial charge is 0.376 e. The van der Waals surface area contributed by atoms with E-state index in [1.54, 1.807) is 18.5 Å². The molecule has 1 saturated carbocycles. The van der Waals surface area contributed by atoms with Gasteiger partial charge in [0.15, 0.2) is 0 Å². The molecule has 0 bridgehead atoms. The first-order chi connectivity index (χ1) is 14.5. The normalized spacial score (nSPS) is 27.3. The zero-order valence-electron chi connectivity index (χ0n) is 17.4. The lowest BCUT2D eigenvalue weighted by Gasteiger charge is -2.32. The van der Waals surface area contributed by atoms with Gasteiger partial charge in [-0.2, -0.15) is 0 Å². The number of aromatic nitrogens is 2. The number of rotatable bonds is 7. The van der Waals surface area contributed by atoms with Gasteiger partial charge in [0.1, 0.15) is 0 Å². The summed E-state index contributed by atoms with van der Waals surface area (Å²) in [6, 6.07) is 12.2. The van der Waals surface area contributed by atoms with Crippen LogP contribution in [0.2, 0.25) is 0 Å². The van der Waals surface area contributed by atoms with E-state index in [9.17, 15) is 8.42 Å². The maximum absolute atomic E-state index is 11.9. The van der Waals surface area contributed by atoms with Gasteiger partial charge in [0.2, 0.25) is 16.0 Å². The Labute approximate surface area is 178 Å². The minimum Gasteiger partial charge on any atom is -0.376 e. The van der Waals surface area contributed by atoms with Crippen molar-refractivity contribution in [1.82, 2.24) is 14.7 Å². The lowest BCUT2D eigenvalue weighted by atomic mass is 9.83. The van der Waals surface area contributed by atoms with Gasteiger partial charge in [-0.05, 0) is 49.7 Å². The van der Waals surface area contributed by atoms with Crippen LogP contribution in [0.3, 0.4) is 0 Å². The minimum atomic E-state index is -3.30. The average Bonchev–Trinajstić information content (AvgIpc) is 3.14. The van der Waals surface area contributed by atoms with E-state index in [1.165, 1.54) is 11.8 Å². The van der Waals surface area contributed by atoms with Crippen molar-refractivity contribution >= 4 is 16.0 Å². The predicted molar refractivity (Wildman–Crippen MR) is 117 cm³/mol. The van der Waals surface area contributed by atoms with Crippen LogP contribution in [0.1, 0.15) is 43.6 Å². The highest BCUT2D eigenvalue weighted by molar-refractivity contribution is 7.88. The van der Waals surface area contributed by atoms with Gasteiger partial charge in [-0.1, -0.05) is 30.3 Å². The van der Waals surface area contributed by atoms with E-state index in [2.05, 4.69) is 49.9 Å². The Kier molecular flexibility index (Phi) is 6.65. The summed E-state index contributed by atoms with van der Waals surface area (Å²) in [5.74, 6) is 1.23. The Bertz CT molecular complexity index is 902. The quantitative estimate of drug-likeness (QED) is 0.727. The van der Waals surface area contributed by atoms with Crippen molar-refractivity contribution in [1.29, 1.82) is 0 Å². The van der Waals surface area contributed by atoms with Gasteiger partial charge >= 0.3 is 0 Å². The smallest absolute Gasteiger partial charge is 0.225 e. The molecule has 2 atom stereocenters. The number of anilines is 1. The Morgan fingerprint density at radius 3 is 2.40 bits per heavy atom. The Balaban J connectivity index is 1.37. The zero-order chi connectivity index (χ0) is 21.0. The van der Waals surface area contributed by atoms with Crippen molar-refractivity contribution in [2.75, 3.05) is 24.3 Å². The molecule has 2 aliphatic rings. The maximum Gasteiger partial charge on any atom is 0.225 e. The maximum atomic E-state index is 11.9. The molecule has 1 aromatic heterocycles. The van der Waals surface area contributed by atoms with Crippen LogP contribution in [0.15, 0.2) is 48.8 Å². The van der Waals surface area contributed by atoms with Crippen LogP contribution in [0, 0.1) is 0 Å². The molecule has 0 radical (unpaired) electrons. The van der Waals surface area contributed by atoms with Crippen LogP contribution in [-0.2, 0) is 14.8 Å². The van der Waals surface area contributed by atoms with Gasteiger partial charge in [0, 0.05) is 25.0 Å². The fourth-order valence-corrected chi connectivity index (χ4v) is 5.51. The van der Waals surface area contributed by atoms with Gasteiger partial charge in [-0.25, -0.2) is 23.1 Å². The average molecular weight is 431 g/mol. The summed E-state index contributed by atoms with van der Waals surface area (Å²) in [5, 5.41) is 0. The first-order valence-corrected chi connectivity index (χ1v) is 12.6. The standard InChI is InChI=1S/C22H30N4O3S/c1-30(27,28)25-20-12-15-26(22-23-13-5-14-24-22)21(20)16-29-19-10-8-18(9-11-19)17-6-3-2-4-7-17/h2-7,13-14,18-21,25H,8-12,15-16H2,1H3/t18?,19?,20-,21-/m0/s1. The highest BCUT2D eigenvalue weighted by Gasteiger charge is 2.38. The SMILES string of the molecule is CS(=O)(=O)N[C@H]1CCN(c2ncccn2)[C@H]1COC1CCC(c2ccccc2)CC1. The summed E-state index contributed by atoms with van der Waals surface area (Å²) in [4.78, 5) is 10.8. The van der Waals surface area contributed by atoms with Gasteiger partial charge in [0.25, 0.3) is 0 Å². The number of benzene rings is 1. The molecule has 7 nitrogen and oxygen atoms in total. The topological polar surface area (TPSA) is 84.4 Å². The van der Waals surface area contributed by atoms with Gasteiger partial charge in [0.05, 0.1) is 25.0 Å². The van der Waals surface area contributed by atoms with Crippen LogP contribution in [0.5, 0.6) is 0 Å². The van der Waals surface area contributed by atoms with Crippen LogP contribution >= 0.6 is 0 Å². The Morgan fingerprint density at radius 1 is 1.03 bits per heavy atom. The van der Waals surface area contributed by atoms with E-state index in [4.69, 9.17) is 4.74 Å². The molecule has 4 rings (SSSR count). The van der Waals surface area contributed by atoms with Crippen molar-refractivity contribution in [3.05, 3.63) is 54.4 Å². The highest BCUT2D eigenvalue weighted by Crippen LogP contribution is 2.34. The second-order valence-electron chi connectivity index (χ2n) is 8.31. The van der Waals surface area contributed by atoms with E-state index >= 15 is 0 Å². The Hall–Kier alpha value is -2.03. The molecular weight excluding hydrogens is 400 g/mol.